The molecule has 3 atom stereocenters. The van der Waals surface area contributed by atoms with E-state index in [9.17, 15) is 5.11 Å². The summed E-state index contributed by atoms with van der Waals surface area (Å²) in [5, 5.41) is 9.46. The zero-order valence-electron chi connectivity index (χ0n) is 8.42. The van der Waals surface area contributed by atoms with Crippen molar-refractivity contribution in [3.05, 3.63) is 0 Å². The topological polar surface area (TPSA) is 20.2 Å². The molecule has 0 amide bonds. The van der Waals surface area contributed by atoms with Crippen molar-refractivity contribution in [2.75, 3.05) is 0 Å². The first-order chi connectivity index (χ1) is 5.74. The van der Waals surface area contributed by atoms with Gasteiger partial charge in [0.2, 0.25) is 0 Å². The van der Waals surface area contributed by atoms with Crippen LogP contribution in [0.4, 0.5) is 0 Å². The summed E-state index contributed by atoms with van der Waals surface area (Å²) in [6.45, 7) is 4.23. The van der Waals surface area contributed by atoms with Gasteiger partial charge in [-0.3, -0.25) is 0 Å². The Balaban J connectivity index is 2.34. The largest absolute Gasteiger partial charge is 0.393 e. The molecule has 1 saturated carbocycles. The molecule has 0 radical (unpaired) electrons. The van der Waals surface area contributed by atoms with Gasteiger partial charge in [-0.25, -0.2) is 0 Å². The third-order valence-electron chi connectivity index (χ3n) is 3.39. The molecule has 0 aliphatic heterocycles. The SMILES string of the molecule is CCC1CCCC(C(C)O)CC1. The van der Waals surface area contributed by atoms with Crippen LogP contribution >= 0.6 is 0 Å². The molecule has 1 aliphatic carbocycles. The molecule has 0 heterocycles. The molecule has 1 rings (SSSR count). The molecule has 1 N–H and O–H groups in total. The van der Waals surface area contributed by atoms with Crippen molar-refractivity contribution in [3.8, 4) is 0 Å². The minimum Gasteiger partial charge on any atom is -0.393 e. The van der Waals surface area contributed by atoms with E-state index in [1.165, 1.54) is 38.5 Å². The van der Waals surface area contributed by atoms with Gasteiger partial charge in [-0.2, -0.15) is 0 Å². The molecule has 1 heteroatoms. The Labute approximate surface area is 76.2 Å². The monoisotopic (exact) mass is 170 g/mol. The zero-order valence-corrected chi connectivity index (χ0v) is 8.42. The standard InChI is InChI=1S/C11H22O/c1-3-10-5-4-6-11(8-7-10)9(2)12/h9-12H,3-8H2,1-2H3. The third kappa shape index (κ3) is 2.78. The third-order valence-corrected chi connectivity index (χ3v) is 3.39. The average Bonchev–Trinajstić information content (AvgIpc) is 2.28. The lowest BCUT2D eigenvalue weighted by Gasteiger charge is -2.17. The predicted molar refractivity (Wildman–Crippen MR) is 52.0 cm³/mol. The number of aliphatic hydroxyl groups excluding tert-OH is 1. The fourth-order valence-electron chi connectivity index (χ4n) is 2.30. The Hall–Kier alpha value is -0.0400. The molecule has 72 valence electrons. The number of aliphatic hydroxyl groups is 1. The summed E-state index contributed by atoms with van der Waals surface area (Å²) in [5.74, 6) is 1.52. The molecule has 12 heavy (non-hydrogen) atoms. The second-order valence-corrected chi connectivity index (χ2v) is 4.28. The Morgan fingerprint density at radius 3 is 2.58 bits per heavy atom. The van der Waals surface area contributed by atoms with E-state index in [-0.39, 0.29) is 6.10 Å². The second kappa shape index (κ2) is 4.86. The van der Waals surface area contributed by atoms with Gasteiger partial charge < -0.3 is 5.11 Å². The van der Waals surface area contributed by atoms with Crippen LogP contribution in [-0.2, 0) is 0 Å². The smallest absolute Gasteiger partial charge is 0.0540 e. The van der Waals surface area contributed by atoms with Crippen molar-refractivity contribution in [1.29, 1.82) is 0 Å². The number of hydrogen-bond donors (Lipinski definition) is 1. The van der Waals surface area contributed by atoms with Crippen LogP contribution in [0, 0.1) is 11.8 Å². The van der Waals surface area contributed by atoms with Gasteiger partial charge in [-0.1, -0.05) is 32.6 Å². The molecule has 1 nitrogen and oxygen atoms in total. The first-order valence-corrected chi connectivity index (χ1v) is 5.42. The molecule has 0 saturated heterocycles. The van der Waals surface area contributed by atoms with Gasteiger partial charge in [0, 0.05) is 0 Å². The lowest BCUT2D eigenvalue weighted by molar-refractivity contribution is 0.115. The highest BCUT2D eigenvalue weighted by molar-refractivity contribution is 4.72. The molecule has 1 aliphatic rings. The fourth-order valence-corrected chi connectivity index (χ4v) is 2.30. The summed E-state index contributed by atoms with van der Waals surface area (Å²) < 4.78 is 0. The highest BCUT2D eigenvalue weighted by Crippen LogP contribution is 2.30. The van der Waals surface area contributed by atoms with Gasteiger partial charge in [0.25, 0.3) is 0 Å². The number of hydrogen-bond acceptors (Lipinski definition) is 1. The van der Waals surface area contributed by atoms with Crippen molar-refractivity contribution >= 4 is 0 Å². The molecular formula is C11H22O. The van der Waals surface area contributed by atoms with Crippen LogP contribution < -0.4 is 0 Å². The van der Waals surface area contributed by atoms with Gasteiger partial charge in [-0.15, -0.1) is 0 Å². The Morgan fingerprint density at radius 2 is 2.00 bits per heavy atom. The lowest BCUT2D eigenvalue weighted by Crippen LogP contribution is -2.15. The Kier molecular flexibility index (Phi) is 4.07. The van der Waals surface area contributed by atoms with Crippen LogP contribution in [0.3, 0.4) is 0 Å². The lowest BCUT2D eigenvalue weighted by atomic mass is 9.93. The predicted octanol–water partition coefficient (Wildman–Crippen LogP) is 2.97. The van der Waals surface area contributed by atoms with Crippen molar-refractivity contribution in [2.24, 2.45) is 11.8 Å². The quantitative estimate of drug-likeness (QED) is 0.632. The van der Waals surface area contributed by atoms with Gasteiger partial charge in [0.15, 0.2) is 0 Å². The Morgan fingerprint density at radius 1 is 1.25 bits per heavy atom. The minimum atomic E-state index is -0.0828. The van der Waals surface area contributed by atoms with Crippen molar-refractivity contribution < 1.29 is 5.11 Å². The fraction of sp³-hybridized carbons (Fsp3) is 1.00. The molecule has 0 bridgehead atoms. The highest BCUT2D eigenvalue weighted by Gasteiger charge is 2.20. The highest BCUT2D eigenvalue weighted by atomic mass is 16.3. The summed E-state index contributed by atoms with van der Waals surface area (Å²) in [6.07, 6.45) is 7.79. The van der Waals surface area contributed by atoms with E-state index in [0.29, 0.717) is 5.92 Å². The molecule has 0 spiro atoms. The van der Waals surface area contributed by atoms with E-state index in [1.807, 2.05) is 6.92 Å². The second-order valence-electron chi connectivity index (χ2n) is 4.28. The van der Waals surface area contributed by atoms with E-state index in [1.54, 1.807) is 0 Å². The first kappa shape index (κ1) is 10.0. The van der Waals surface area contributed by atoms with Crippen molar-refractivity contribution in [2.45, 2.75) is 58.5 Å². The van der Waals surface area contributed by atoms with Crippen molar-refractivity contribution in [3.63, 3.8) is 0 Å². The summed E-state index contributed by atoms with van der Waals surface area (Å²) in [4.78, 5) is 0. The average molecular weight is 170 g/mol. The van der Waals surface area contributed by atoms with E-state index >= 15 is 0 Å². The molecule has 0 aromatic carbocycles. The van der Waals surface area contributed by atoms with Crippen LogP contribution in [0.2, 0.25) is 0 Å². The van der Waals surface area contributed by atoms with Crippen LogP contribution in [-0.4, -0.2) is 11.2 Å². The van der Waals surface area contributed by atoms with Crippen LogP contribution in [0.25, 0.3) is 0 Å². The maximum atomic E-state index is 9.46. The van der Waals surface area contributed by atoms with E-state index < -0.39 is 0 Å². The zero-order chi connectivity index (χ0) is 8.97. The van der Waals surface area contributed by atoms with Gasteiger partial charge in [-0.05, 0) is 31.6 Å². The summed E-state index contributed by atoms with van der Waals surface area (Å²) >= 11 is 0. The maximum absolute atomic E-state index is 9.46. The van der Waals surface area contributed by atoms with Crippen LogP contribution in [0.5, 0.6) is 0 Å². The van der Waals surface area contributed by atoms with Gasteiger partial charge in [0.1, 0.15) is 0 Å². The minimum absolute atomic E-state index is 0.0828. The van der Waals surface area contributed by atoms with Gasteiger partial charge >= 0.3 is 0 Å². The molecule has 3 unspecified atom stereocenters. The molecule has 1 fully saturated rings. The Bertz CT molecular complexity index is 120. The normalized spacial score (nSPS) is 34.2. The summed E-state index contributed by atoms with van der Waals surface area (Å²) in [6, 6.07) is 0. The summed E-state index contributed by atoms with van der Waals surface area (Å²) in [5.41, 5.74) is 0. The van der Waals surface area contributed by atoms with E-state index in [4.69, 9.17) is 0 Å². The number of rotatable bonds is 2. The maximum Gasteiger partial charge on any atom is 0.0540 e. The van der Waals surface area contributed by atoms with Crippen molar-refractivity contribution in [1.82, 2.24) is 0 Å². The summed E-state index contributed by atoms with van der Waals surface area (Å²) in [7, 11) is 0. The molecule has 0 aromatic rings. The molecule has 0 aromatic heterocycles. The van der Waals surface area contributed by atoms with Crippen LogP contribution in [0.15, 0.2) is 0 Å². The van der Waals surface area contributed by atoms with E-state index in [0.717, 1.165) is 5.92 Å². The molecular weight excluding hydrogens is 148 g/mol. The van der Waals surface area contributed by atoms with Gasteiger partial charge in [0.05, 0.1) is 6.10 Å². The first-order valence-electron chi connectivity index (χ1n) is 5.42. The van der Waals surface area contributed by atoms with Crippen LogP contribution in [0.1, 0.15) is 52.4 Å². The van der Waals surface area contributed by atoms with E-state index in [2.05, 4.69) is 6.92 Å².